The van der Waals surface area contributed by atoms with Crippen molar-refractivity contribution in [1.29, 1.82) is 0 Å². The molecule has 1 aliphatic carbocycles. The predicted molar refractivity (Wildman–Crippen MR) is 91.1 cm³/mol. The fourth-order valence-corrected chi connectivity index (χ4v) is 3.13. The zero-order chi connectivity index (χ0) is 15.9. The van der Waals surface area contributed by atoms with Crippen LogP contribution in [0.2, 0.25) is 0 Å². The zero-order valence-corrected chi connectivity index (χ0v) is 13.8. The molecule has 0 saturated carbocycles. The van der Waals surface area contributed by atoms with Gasteiger partial charge in [-0.1, -0.05) is 25.7 Å². The molecule has 4 heteroatoms. The first-order valence-electron chi connectivity index (χ1n) is 8.37. The van der Waals surface area contributed by atoms with Crippen LogP contribution in [0.4, 0.5) is 0 Å². The van der Waals surface area contributed by atoms with Gasteiger partial charge in [0.25, 0.3) is 0 Å². The minimum atomic E-state index is -0.122. The smallest absolute Gasteiger partial charge is 0.246 e. The molecule has 3 unspecified atom stereocenters. The first-order chi connectivity index (χ1) is 10.6. The maximum Gasteiger partial charge on any atom is 0.246 e. The molecule has 0 aromatic heterocycles. The molecule has 22 heavy (non-hydrogen) atoms. The van der Waals surface area contributed by atoms with Crippen LogP contribution in [0.25, 0.3) is 0 Å². The maximum atomic E-state index is 12.0. The van der Waals surface area contributed by atoms with Gasteiger partial charge >= 0.3 is 0 Å². The quantitative estimate of drug-likeness (QED) is 0.706. The third-order valence-electron chi connectivity index (χ3n) is 4.69. The van der Waals surface area contributed by atoms with Crippen molar-refractivity contribution in [2.75, 3.05) is 13.6 Å². The Kier molecular flexibility index (Phi) is 6.25. The summed E-state index contributed by atoms with van der Waals surface area (Å²) in [5, 5.41) is 9.48. The molecular weight excluding hydrogens is 274 g/mol. The van der Waals surface area contributed by atoms with Crippen LogP contribution in [-0.4, -0.2) is 25.5 Å². The van der Waals surface area contributed by atoms with Crippen LogP contribution in [0.1, 0.15) is 39.0 Å². The Morgan fingerprint density at radius 1 is 1.41 bits per heavy atom. The van der Waals surface area contributed by atoms with Gasteiger partial charge in [-0.25, -0.2) is 0 Å². The molecule has 2 aliphatic rings. The number of rotatable bonds is 6. The van der Waals surface area contributed by atoms with E-state index in [9.17, 15) is 4.79 Å². The number of allylic oxidation sites excluding steroid dienone is 5. The lowest BCUT2D eigenvalue weighted by atomic mass is 9.87. The summed E-state index contributed by atoms with van der Waals surface area (Å²) in [6.45, 7) is 7.21. The van der Waals surface area contributed by atoms with Crippen LogP contribution < -0.4 is 16.0 Å². The normalized spacial score (nSPS) is 26.9. The Balaban J connectivity index is 1.83. The van der Waals surface area contributed by atoms with E-state index in [1.54, 1.807) is 0 Å². The summed E-state index contributed by atoms with van der Waals surface area (Å²) in [6.07, 6.45) is 11.6. The van der Waals surface area contributed by atoms with Gasteiger partial charge in [0.1, 0.15) is 6.04 Å². The van der Waals surface area contributed by atoms with E-state index in [-0.39, 0.29) is 11.9 Å². The van der Waals surface area contributed by atoms with Crippen molar-refractivity contribution in [3.05, 3.63) is 36.2 Å². The molecule has 3 N–H and O–H groups in total. The number of hydrogen-bond acceptors (Lipinski definition) is 3. The summed E-state index contributed by atoms with van der Waals surface area (Å²) < 4.78 is 0. The highest BCUT2D eigenvalue weighted by Crippen LogP contribution is 2.26. The third-order valence-corrected chi connectivity index (χ3v) is 4.69. The van der Waals surface area contributed by atoms with Crippen LogP contribution >= 0.6 is 0 Å². The molecule has 1 aliphatic heterocycles. The molecule has 3 atom stereocenters. The second kappa shape index (κ2) is 8.18. The van der Waals surface area contributed by atoms with Gasteiger partial charge in [0.2, 0.25) is 5.91 Å². The van der Waals surface area contributed by atoms with E-state index in [1.165, 1.54) is 12.1 Å². The van der Waals surface area contributed by atoms with Gasteiger partial charge in [0.05, 0.1) is 0 Å². The lowest BCUT2D eigenvalue weighted by Crippen LogP contribution is -2.46. The highest BCUT2D eigenvalue weighted by molar-refractivity contribution is 5.84. The summed E-state index contributed by atoms with van der Waals surface area (Å²) in [5.74, 6) is 1.34. The van der Waals surface area contributed by atoms with Crippen LogP contribution in [0.5, 0.6) is 0 Å². The van der Waals surface area contributed by atoms with Gasteiger partial charge in [-0.2, -0.15) is 0 Å². The topological polar surface area (TPSA) is 53.2 Å². The summed E-state index contributed by atoms with van der Waals surface area (Å²) in [5.41, 5.74) is 2.00. The number of carbonyl (C=O) groups excluding carboxylic acids is 1. The van der Waals surface area contributed by atoms with Gasteiger partial charge in [-0.15, -0.1) is 0 Å². The van der Waals surface area contributed by atoms with E-state index in [4.69, 9.17) is 0 Å². The van der Waals surface area contributed by atoms with Crippen LogP contribution in [0, 0.1) is 11.8 Å². The fraction of sp³-hybridized carbons (Fsp3) is 0.611. The molecule has 1 amide bonds. The third kappa shape index (κ3) is 4.73. The van der Waals surface area contributed by atoms with E-state index in [0.717, 1.165) is 37.9 Å². The maximum absolute atomic E-state index is 12.0. The lowest BCUT2D eigenvalue weighted by Gasteiger charge is -2.26. The van der Waals surface area contributed by atoms with E-state index >= 15 is 0 Å². The minimum absolute atomic E-state index is 0.0457. The summed E-state index contributed by atoms with van der Waals surface area (Å²) in [4.78, 5) is 12.0. The second-order valence-electron chi connectivity index (χ2n) is 6.48. The largest absolute Gasteiger partial charge is 0.377 e. The molecule has 0 aromatic carbocycles. The Bertz CT molecular complexity index is 467. The van der Waals surface area contributed by atoms with E-state index in [2.05, 4.69) is 47.7 Å². The molecule has 1 fully saturated rings. The van der Waals surface area contributed by atoms with Gasteiger partial charge in [0, 0.05) is 11.4 Å². The monoisotopic (exact) mass is 303 g/mol. The van der Waals surface area contributed by atoms with Crippen molar-refractivity contribution in [1.82, 2.24) is 16.0 Å². The average molecular weight is 303 g/mol. The molecule has 0 aromatic rings. The molecule has 0 spiro atoms. The Morgan fingerprint density at radius 2 is 2.23 bits per heavy atom. The van der Waals surface area contributed by atoms with Gasteiger partial charge < -0.3 is 16.0 Å². The van der Waals surface area contributed by atoms with Crippen molar-refractivity contribution in [3.63, 3.8) is 0 Å². The Hall–Kier alpha value is -1.55. The Morgan fingerprint density at radius 3 is 2.95 bits per heavy atom. The molecule has 0 bridgehead atoms. The molecule has 0 radical (unpaired) electrons. The molecular formula is C18H29N3O. The lowest BCUT2D eigenvalue weighted by molar-refractivity contribution is -0.123. The fourth-order valence-electron chi connectivity index (χ4n) is 3.13. The van der Waals surface area contributed by atoms with Crippen molar-refractivity contribution < 1.29 is 4.79 Å². The second-order valence-corrected chi connectivity index (χ2v) is 6.48. The van der Waals surface area contributed by atoms with Crippen LogP contribution in [-0.2, 0) is 4.79 Å². The average Bonchev–Trinajstić information content (AvgIpc) is 2.73. The molecule has 122 valence electrons. The molecule has 1 heterocycles. The summed E-state index contributed by atoms with van der Waals surface area (Å²) >= 11 is 0. The molecule has 2 rings (SSSR count). The van der Waals surface area contributed by atoms with E-state index < -0.39 is 0 Å². The molecule has 4 nitrogen and oxygen atoms in total. The number of nitrogens with one attached hydrogen (secondary N) is 3. The van der Waals surface area contributed by atoms with Crippen LogP contribution in [0.15, 0.2) is 36.2 Å². The number of carbonyl (C=O) groups is 1. The van der Waals surface area contributed by atoms with Crippen LogP contribution in [0.3, 0.4) is 0 Å². The standard InChI is InChI=1S/C18H29N3O/c1-13(11-12-19-3)15-5-4-6-16(9-8-15)21-17-10-7-14(2)20-18(17)22/h4-6,13,15,17,19,21H,2,7-12H2,1,3H3,(H,20,22). The zero-order valence-electron chi connectivity index (χ0n) is 13.8. The first-order valence-corrected chi connectivity index (χ1v) is 8.37. The number of piperidine rings is 1. The van der Waals surface area contributed by atoms with E-state index in [0.29, 0.717) is 11.8 Å². The van der Waals surface area contributed by atoms with Gasteiger partial charge in [-0.05, 0) is 63.6 Å². The SMILES string of the molecule is C=C1CCC(NC2=CC=CC(C(C)CCNC)CC2)C(=O)N1. The minimum Gasteiger partial charge on any atom is -0.377 e. The highest BCUT2D eigenvalue weighted by Gasteiger charge is 2.25. The van der Waals surface area contributed by atoms with Crippen molar-refractivity contribution in [2.24, 2.45) is 11.8 Å². The van der Waals surface area contributed by atoms with Gasteiger partial charge in [0.15, 0.2) is 0 Å². The predicted octanol–water partition coefficient (Wildman–Crippen LogP) is 2.46. The van der Waals surface area contributed by atoms with E-state index in [1.807, 2.05) is 7.05 Å². The van der Waals surface area contributed by atoms with Crippen molar-refractivity contribution in [2.45, 2.75) is 45.1 Å². The molecule has 1 saturated heterocycles. The van der Waals surface area contributed by atoms with Crippen molar-refractivity contribution in [3.8, 4) is 0 Å². The number of amides is 1. The highest BCUT2D eigenvalue weighted by atomic mass is 16.2. The number of hydrogen-bond donors (Lipinski definition) is 3. The first kappa shape index (κ1) is 16.8. The van der Waals surface area contributed by atoms with Crippen molar-refractivity contribution >= 4 is 5.91 Å². The Labute approximate surface area is 134 Å². The van der Waals surface area contributed by atoms with Gasteiger partial charge in [-0.3, -0.25) is 4.79 Å². The summed E-state index contributed by atoms with van der Waals surface area (Å²) in [7, 11) is 2.00. The summed E-state index contributed by atoms with van der Waals surface area (Å²) in [6, 6.07) is -0.122.